The van der Waals surface area contributed by atoms with E-state index in [9.17, 15) is 0 Å². The smallest absolute Gasteiger partial charge is 0.180 e. The van der Waals surface area contributed by atoms with E-state index < -0.39 is 0 Å². The Bertz CT molecular complexity index is 374. The molecule has 0 spiro atoms. The molecule has 0 aliphatic rings. The molecule has 7 nitrogen and oxygen atoms in total. The van der Waals surface area contributed by atoms with Gasteiger partial charge in [-0.3, -0.25) is 0 Å². The van der Waals surface area contributed by atoms with Gasteiger partial charge in [0.1, 0.15) is 11.3 Å². The van der Waals surface area contributed by atoms with Crippen molar-refractivity contribution in [2.24, 2.45) is 5.73 Å². The van der Waals surface area contributed by atoms with E-state index in [1.165, 1.54) is 0 Å². The van der Waals surface area contributed by atoms with Crippen LogP contribution in [0.25, 0.3) is 11.2 Å². The molecule has 0 atom stereocenters. The van der Waals surface area contributed by atoms with Crippen molar-refractivity contribution in [2.75, 3.05) is 0 Å². The average Bonchev–Trinajstić information content (AvgIpc) is 2.50. The quantitative estimate of drug-likeness (QED) is 0.537. The Kier molecular flexibility index (Phi) is 3.92. The zero-order valence-corrected chi connectivity index (χ0v) is 6.78. The highest BCUT2D eigenvalue weighted by Gasteiger charge is 1.98. The minimum Gasteiger partial charge on any atom is -0.412 e. The van der Waals surface area contributed by atoms with E-state index in [2.05, 4.69) is 19.9 Å². The minimum absolute atomic E-state index is 0. The number of rotatable bonds is 1. The number of H-pyrrole nitrogens is 1. The highest BCUT2D eigenvalue weighted by atomic mass is 16.0. The first-order valence-electron chi connectivity index (χ1n) is 3.25. The van der Waals surface area contributed by atoms with Gasteiger partial charge in [0, 0.05) is 0 Å². The Balaban J connectivity index is 0.000000720. The van der Waals surface area contributed by atoms with Gasteiger partial charge in [-0.05, 0) is 0 Å². The third-order valence-corrected chi connectivity index (χ3v) is 1.41. The topological polar surface area (TPSA) is 143 Å². The molecule has 0 radical (unpaired) electrons. The summed E-state index contributed by atoms with van der Waals surface area (Å²) in [5.41, 5.74) is 6.85. The maximum Gasteiger partial charge on any atom is 0.180 e. The van der Waals surface area contributed by atoms with Crippen LogP contribution in [0.3, 0.4) is 0 Å². The second-order valence-corrected chi connectivity index (χ2v) is 2.13. The second-order valence-electron chi connectivity index (χ2n) is 2.13. The van der Waals surface area contributed by atoms with E-state index in [1.54, 1.807) is 12.5 Å². The lowest BCUT2D eigenvalue weighted by atomic mass is 10.5. The third kappa shape index (κ3) is 1.96. The number of aromatic nitrogens is 4. The Labute approximate surface area is 73.6 Å². The summed E-state index contributed by atoms with van der Waals surface area (Å²) < 4.78 is 0. The molecule has 2 aromatic heterocycles. The van der Waals surface area contributed by atoms with Crippen LogP contribution in [0, 0.1) is 0 Å². The van der Waals surface area contributed by atoms with Crippen LogP contribution in [-0.4, -0.2) is 30.9 Å². The van der Waals surface area contributed by atoms with Crippen LogP contribution in [-0.2, 0) is 6.54 Å². The fraction of sp³-hybridized carbons (Fsp3) is 0.167. The Morgan fingerprint density at radius 2 is 2.08 bits per heavy atom. The number of nitrogens with two attached hydrogens (primary N) is 1. The van der Waals surface area contributed by atoms with Gasteiger partial charge in [0.25, 0.3) is 0 Å². The van der Waals surface area contributed by atoms with Gasteiger partial charge < -0.3 is 21.7 Å². The number of aromatic amines is 1. The predicted octanol–water partition coefficient (Wildman–Crippen LogP) is -1.84. The maximum absolute atomic E-state index is 5.35. The maximum atomic E-state index is 5.35. The van der Waals surface area contributed by atoms with Crippen molar-refractivity contribution in [1.29, 1.82) is 0 Å². The van der Waals surface area contributed by atoms with Crippen LogP contribution < -0.4 is 5.73 Å². The van der Waals surface area contributed by atoms with E-state index in [4.69, 9.17) is 5.73 Å². The van der Waals surface area contributed by atoms with Crippen molar-refractivity contribution in [1.82, 2.24) is 19.9 Å². The summed E-state index contributed by atoms with van der Waals surface area (Å²) in [6, 6.07) is 0. The summed E-state index contributed by atoms with van der Waals surface area (Å²) in [4.78, 5) is 14.9. The highest BCUT2D eigenvalue weighted by Crippen LogP contribution is 2.02. The SMILES string of the molecule is NCc1ncc2[nH]cnc2n1.O.O. The molecule has 0 aromatic carbocycles. The second kappa shape index (κ2) is 4.45. The van der Waals surface area contributed by atoms with E-state index in [0.717, 1.165) is 5.52 Å². The van der Waals surface area contributed by atoms with Crippen LogP contribution in [0.15, 0.2) is 12.5 Å². The van der Waals surface area contributed by atoms with Gasteiger partial charge in [0.05, 0.1) is 19.1 Å². The first kappa shape index (κ1) is 11.4. The van der Waals surface area contributed by atoms with Gasteiger partial charge in [-0.2, -0.15) is 0 Å². The fourth-order valence-electron chi connectivity index (χ4n) is 0.870. The molecule has 13 heavy (non-hydrogen) atoms. The normalized spacial score (nSPS) is 9.00. The van der Waals surface area contributed by atoms with Crippen molar-refractivity contribution < 1.29 is 11.0 Å². The Morgan fingerprint density at radius 1 is 1.31 bits per heavy atom. The number of hydrogen-bond acceptors (Lipinski definition) is 4. The number of fused-ring (bicyclic) bond motifs is 1. The lowest BCUT2D eigenvalue weighted by Gasteiger charge is -1.91. The predicted molar refractivity (Wildman–Crippen MR) is 46.8 cm³/mol. The van der Waals surface area contributed by atoms with Crippen molar-refractivity contribution in [3.8, 4) is 0 Å². The summed E-state index contributed by atoms with van der Waals surface area (Å²) in [7, 11) is 0. The zero-order chi connectivity index (χ0) is 7.68. The summed E-state index contributed by atoms with van der Waals surface area (Å²) in [5, 5.41) is 0. The first-order valence-corrected chi connectivity index (χ1v) is 3.25. The molecule has 2 aromatic rings. The van der Waals surface area contributed by atoms with E-state index in [1.807, 2.05) is 0 Å². The van der Waals surface area contributed by atoms with Gasteiger partial charge in [-0.15, -0.1) is 0 Å². The lowest BCUT2D eigenvalue weighted by Crippen LogP contribution is -2.02. The Morgan fingerprint density at radius 3 is 2.77 bits per heavy atom. The minimum atomic E-state index is 0. The van der Waals surface area contributed by atoms with Crippen LogP contribution in [0.4, 0.5) is 0 Å². The number of imidazole rings is 1. The Hall–Kier alpha value is -1.57. The molecule has 7 heteroatoms. The molecule has 0 saturated heterocycles. The van der Waals surface area contributed by atoms with Gasteiger partial charge in [0.15, 0.2) is 5.65 Å². The van der Waals surface area contributed by atoms with Gasteiger partial charge in [-0.25, -0.2) is 15.0 Å². The number of hydrogen-bond donors (Lipinski definition) is 2. The third-order valence-electron chi connectivity index (χ3n) is 1.41. The lowest BCUT2D eigenvalue weighted by molar-refractivity contribution is 0.823. The van der Waals surface area contributed by atoms with Crippen molar-refractivity contribution in [3.63, 3.8) is 0 Å². The van der Waals surface area contributed by atoms with Crippen LogP contribution in [0.5, 0.6) is 0 Å². The first-order chi connectivity index (χ1) is 5.40. The standard InChI is InChI=1S/C6H7N5.2H2O/c7-1-5-8-2-4-6(11-5)10-3-9-4;;/h2-3H,1,7H2,(H,8,9,10,11);2*1H2. The van der Waals surface area contributed by atoms with Crippen molar-refractivity contribution in [3.05, 3.63) is 18.3 Å². The molecule has 0 bridgehead atoms. The van der Waals surface area contributed by atoms with E-state index >= 15 is 0 Å². The fourth-order valence-corrected chi connectivity index (χ4v) is 0.870. The molecule has 2 heterocycles. The molecule has 0 fully saturated rings. The molecule has 0 unspecified atom stereocenters. The van der Waals surface area contributed by atoms with Gasteiger partial charge in [0.2, 0.25) is 0 Å². The molecule has 7 N–H and O–H groups in total. The van der Waals surface area contributed by atoms with Crippen molar-refractivity contribution >= 4 is 11.2 Å². The summed E-state index contributed by atoms with van der Waals surface area (Å²) >= 11 is 0. The van der Waals surface area contributed by atoms with E-state index in [-0.39, 0.29) is 11.0 Å². The summed E-state index contributed by atoms with van der Waals surface area (Å²) in [6.07, 6.45) is 3.26. The van der Waals surface area contributed by atoms with Crippen molar-refractivity contribution in [2.45, 2.75) is 6.54 Å². The summed E-state index contributed by atoms with van der Waals surface area (Å²) in [5.74, 6) is 0.615. The van der Waals surface area contributed by atoms with Crippen LogP contribution in [0.1, 0.15) is 5.82 Å². The van der Waals surface area contributed by atoms with Gasteiger partial charge >= 0.3 is 0 Å². The summed E-state index contributed by atoms with van der Waals surface area (Å²) in [6.45, 7) is 0.350. The molecular weight excluding hydrogens is 174 g/mol. The largest absolute Gasteiger partial charge is 0.412 e. The molecule has 72 valence electrons. The van der Waals surface area contributed by atoms with Crippen LogP contribution in [0.2, 0.25) is 0 Å². The molecular formula is C6H11N5O2. The number of nitrogens with one attached hydrogen (secondary N) is 1. The van der Waals surface area contributed by atoms with E-state index in [0.29, 0.717) is 18.0 Å². The monoisotopic (exact) mass is 185 g/mol. The molecule has 2 rings (SSSR count). The average molecular weight is 185 g/mol. The molecule has 0 amide bonds. The highest BCUT2D eigenvalue weighted by molar-refractivity contribution is 5.67. The van der Waals surface area contributed by atoms with Crippen LogP contribution >= 0.6 is 0 Å². The van der Waals surface area contributed by atoms with Gasteiger partial charge in [-0.1, -0.05) is 0 Å². The molecule has 0 saturated carbocycles. The molecule has 0 aliphatic heterocycles. The number of nitrogens with zero attached hydrogens (tertiary/aromatic N) is 3. The zero-order valence-electron chi connectivity index (χ0n) is 6.78. The molecule has 0 aliphatic carbocycles.